The van der Waals surface area contributed by atoms with Crippen molar-refractivity contribution < 1.29 is 9.21 Å². The fraction of sp³-hybridized carbons (Fsp3) is 0.667. The molecule has 1 aliphatic heterocycles. The van der Waals surface area contributed by atoms with E-state index in [1.165, 1.54) is 38.8 Å². The van der Waals surface area contributed by atoms with Crippen LogP contribution in [-0.2, 0) is 6.54 Å². The number of nitrogens with zero attached hydrogens (tertiary/aromatic N) is 2. The predicted molar refractivity (Wildman–Crippen MR) is 115 cm³/mol. The molecule has 26 heavy (non-hydrogen) atoms. The molecule has 0 radical (unpaired) electrons. The van der Waals surface area contributed by atoms with Gasteiger partial charge in [-0.3, -0.25) is 4.79 Å². The molecule has 0 bridgehead atoms. The first kappa shape index (κ1) is 22.8. The number of rotatable bonds is 8. The maximum Gasteiger partial charge on any atom is 0.284 e. The average Bonchev–Trinajstić information content (AvgIpc) is 2.93. The van der Waals surface area contributed by atoms with Crippen molar-refractivity contribution in [3.05, 3.63) is 23.7 Å². The Kier molecular flexibility index (Phi) is 11.3. The number of primary amides is 1. The predicted octanol–water partition coefficient (Wildman–Crippen LogP) is 2.32. The lowest BCUT2D eigenvalue weighted by Crippen LogP contribution is -2.38. The van der Waals surface area contributed by atoms with E-state index in [1.807, 2.05) is 6.92 Å². The van der Waals surface area contributed by atoms with Crippen LogP contribution >= 0.6 is 24.0 Å². The van der Waals surface area contributed by atoms with Gasteiger partial charge >= 0.3 is 0 Å². The summed E-state index contributed by atoms with van der Waals surface area (Å²) in [5.74, 6) is 0.986. The summed E-state index contributed by atoms with van der Waals surface area (Å²) in [6, 6.07) is 3.31. The SMILES string of the molecule is CCNC(=NCc1ccc(C(N)=O)o1)NCCCN1CCCCCC1.I. The molecule has 0 aliphatic carbocycles. The molecule has 2 heterocycles. The highest BCUT2D eigenvalue weighted by Gasteiger charge is 2.09. The van der Waals surface area contributed by atoms with E-state index in [0.717, 1.165) is 32.0 Å². The van der Waals surface area contributed by atoms with Crippen molar-refractivity contribution in [2.24, 2.45) is 10.7 Å². The maximum atomic E-state index is 11.0. The number of hydrogen-bond acceptors (Lipinski definition) is 4. The van der Waals surface area contributed by atoms with Gasteiger partial charge in [-0.1, -0.05) is 12.8 Å². The molecule has 0 spiro atoms. The summed E-state index contributed by atoms with van der Waals surface area (Å²) in [6.45, 7) is 7.67. The van der Waals surface area contributed by atoms with Gasteiger partial charge in [-0.05, 0) is 58.0 Å². The quantitative estimate of drug-likeness (QED) is 0.231. The van der Waals surface area contributed by atoms with Gasteiger partial charge in [0, 0.05) is 13.1 Å². The van der Waals surface area contributed by atoms with Crippen molar-refractivity contribution in [3.63, 3.8) is 0 Å². The number of amides is 1. The van der Waals surface area contributed by atoms with Gasteiger partial charge in [0.15, 0.2) is 11.7 Å². The highest BCUT2D eigenvalue weighted by atomic mass is 127. The first-order chi connectivity index (χ1) is 12.2. The van der Waals surface area contributed by atoms with Crippen molar-refractivity contribution in [2.45, 2.75) is 45.6 Å². The Hall–Kier alpha value is -1.29. The zero-order valence-electron chi connectivity index (χ0n) is 15.6. The summed E-state index contributed by atoms with van der Waals surface area (Å²) in [7, 11) is 0. The number of carbonyl (C=O) groups excluding carboxylic acids is 1. The number of likely N-dealkylation sites (tertiary alicyclic amines) is 1. The fourth-order valence-electron chi connectivity index (χ4n) is 2.96. The highest BCUT2D eigenvalue weighted by Crippen LogP contribution is 2.10. The van der Waals surface area contributed by atoms with Crippen LogP contribution in [0, 0.1) is 0 Å². The molecule has 1 saturated heterocycles. The topological polar surface area (TPSA) is 95.9 Å². The van der Waals surface area contributed by atoms with E-state index in [1.54, 1.807) is 12.1 Å². The molecular formula is C18H32IN5O2. The smallest absolute Gasteiger partial charge is 0.284 e. The lowest BCUT2D eigenvalue weighted by Gasteiger charge is -2.20. The molecule has 4 N–H and O–H groups in total. The van der Waals surface area contributed by atoms with Crippen LogP contribution in [0.25, 0.3) is 0 Å². The molecule has 7 nitrogen and oxygen atoms in total. The van der Waals surface area contributed by atoms with Crippen molar-refractivity contribution >= 4 is 35.8 Å². The van der Waals surface area contributed by atoms with Gasteiger partial charge in [0.1, 0.15) is 12.3 Å². The molecule has 0 aromatic carbocycles. The van der Waals surface area contributed by atoms with Crippen LogP contribution in [0.4, 0.5) is 0 Å². The van der Waals surface area contributed by atoms with Crippen LogP contribution in [0.2, 0.25) is 0 Å². The van der Waals surface area contributed by atoms with Gasteiger partial charge < -0.3 is 25.7 Å². The molecule has 8 heteroatoms. The van der Waals surface area contributed by atoms with Crippen molar-refractivity contribution in [3.8, 4) is 0 Å². The second kappa shape index (κ2) is 13.0. The molecule has 1 fully saturated rings. The molecule has 1 amide bonds. The molecule has 0 atom stereocenters. The molecule has 1 aliphatic rings. The minimum absolute atomic E-state index is 0. The van der Waals surface area contributed by atoms with E-state index in [9.17, 15) is 4.79 Å². The molecule has 1 aromatic rings. The van der Waals surface area contributed by atoms with Crippen LogP contribution in [-0.4, -0.2) is 49.5 Å². The van der Waals surface area contributed by atoms with Crippen LogP contribution in [0.15, 0.2) is 21.5 Å². The van der Waals surface area contributed by atoms with Gasteiger partial charge in [0.2, 0.25) is 0 Å². The summed E-state index contributed by atoms with van der Waals surface area (Å²) in [6.07, 6.45) is 6.49. The Morgan fingerprint density at radius 2 is 1.96 bits per heavy atom. The lowest BCUT2D eigenvalue weighted by molar-refractivity contribution is 0.0972. The zero-order valence-corrected chi connectivity index (χ0v) is 18.0. The third-order valence-electron chi connectivity index (χ3n) is 4.28. The number of aliphatic imine (C=N–C) groups is 1. The van der Waals surface area contributed by atoms with E-state index < -0.39 is 5.91 Å². The first-order valence-electron chi connectivity index (χ1n) is 9.32. The van der Waals surface area contributed by atoms with E-state index >= 15 is 0 Å². The second-order valence-electron chi connectivity index (χ2n) is 6.36. The van der Waals surface area contributed by atoms with Gasteiger partial charge in [-0.25, -0.2) is 4.99 Å². The van der Waals surface area contributed by atoms with E-state index in [-0.39, 0.29) is 29.7 Å². The Morgan fingerprint density at radius 3 is 2.58 bits per heavy atom. The second-order valence-corrected chi connectivity index (χ2v) is 6.36. The van der Waals surface area contributed by atoms with Crippen LogP contribution in [0.1, 0.15) is 55.3 Å². The van der Waals surface area contributed by atoms with Gasteiger partial charge in [-0.2, -0.15) is 0 Å². The number of furan rings is 1. The molecule has 2 rings (SSSR count). The summed E-state index contributed by atoms with van der Waals surface area (Å²) >= 11 is 0. The minimum Gasteiger partial charge on any atom is -0.454 e. The number of halogens is 1. The number of carbonyl (C=O) groups is 1. The van der Waals surface area contributed by atoms with Gasteiger partial charge in [-0.15, -0.1) is 24.0 Å². The Morgan fingerprint density at radius 1 is 1.23 bits per heavy atom. The van der Waals surface area contributed by atoms with Crippen molar-refractivity contribution in [1.82, 2.24) is 15.5 Å². The lowest BCUT2D eigenvalue weighted by atomic mass is 10.2. The Bertz CT molecular complexity index is 554. The molecule has 148 valence electrons. The average molecular weight is 477 g/mol. The monoisotopic (exact) mass is 477 g/mol. The van der Waals surface area contributed by atoms with Gasteiger partial charge in [0.25, 0.3) is 5.91 Å². The molecule has 0 unspecified atom stereocenters. The fourth-order valence-corrected chi connectivity index (χ4v) is 2.96. The number of hydrogen-bond donors (Lipinski definition) is 3. The minimum atomic E-state index is -0.561. The summed E-state index contributed by atoms with van der Waals surface area (Å²) in [5.41, 5.74) is 5.19. The van der Waals surface area contributed by atoms with Crippen LogP contribution < -0.4 is 16.4 Å². The number of nitrogens with one attached hydrogen (secondary N) is 2. The number of nitrogens with two attached hydrogens (primary N) is 1. The first-order valence-corrected chi connectivity index (χ1v) is 9.32. The molecule has 0 saturated carbocycles. The zero-order chi connectivity index (χ0) is 17.9. The van der Waals surface area contributed by atoms with Crippen LogP contribution in [0.3, 0.4) is 0 Å². The summed E-state index contributed by atoms with van der Waals surface area (Å²) < 4.78 is 5.35. The van der Waals surface area contributed by atoms with Crippen molar-refractivity contribution in [2.75, 3.05) is 32.7 Å². The van der Waals surface area contributed by atoms with Crippen molar-refractivity contribution in [1.29, 1.82) is 0 Å². The maximum absolute atomic E-state index is 11.0. The summed E-state index contributed by atoms with van der Waals surface area (Å²) in [4.78, 5) is 18.1. The van der Waals surface area contributed by atoms with E-state index in [2.05, 4.69) is 20.5 Å². The third-order valence-corrected chi connectivity index (χ3v) is 4.28. The standard InChI is InChI=1S/C18H31N5O2.HI/c1-2-20-18(22-14-15-8-9-16(25-15)17(19)24)21-10-7-13-23-11-5-3-4-6-12-23;/h8-9H,2-7,10-14H2,1H3,(H2,19,24)(H2,20,21,22);1H. The highest BCUT2D eigenvalue weighted by molar-refractivity contribution is 14.0. The summed E-state index contributed by atoms with van der Waals surface area (Å²) in [5, 5.41) is 6.58. The Labute approximate surface area is 173 Å². The largest absolute Gasteiger partial charge is 0.454 e. The molecule has 1 aromatic heterocycles. The van der Waals surface area contributed by atoms with E-state index in [4.69, 9.17) is 10.2 Å². The van der Waals surface area contributed by atoms with Crippen LogP contribution in [0.5, 0.6) is 0 Å². The number of guanidine groups is 1. The Balaban J connectivity index is 0.00000338. The normalized spacial score (nSPS) is 15.8. The molecular weight excluding hydrogens is 445 g/mol. The third kappa shape index (κ3) is 8.39. The van der Waals surface area contributed by atoms with E-state index in [0.29, 0.717) is 12.3 Å². The van der Waals surface area contributed by atoms with Gasteiger partial charge in [0.05, 0.1) is 0 Å².